The van der Waals surface area contributed by atoms with Crippen LogP contribution in [0.1, 0.15) is 51.3 Å². The van der Waals surface area contributed by atoms with Crippen LogP contribution in [0.5, 0.6) is 0 Å². The minimum absolute atomic E-state index is 0.565. The third-order valence-electron chi connectivity index (χ3n) is 3.26. The van der Waals surface area contributed by atoms with E-state index in [1.54, 1.807) is 0 Å². The van der Waals surface area contributed by atoms with Crippen LogP contribution in [-0.4, -0.2) is 14.8 Å². The highest BCUT2D eigenvalue weighted by molar-refractivity contribution is 7.71. The van der Waals surface area contributed by atoms with E-state index in [9.17, 15) is 0 Å². The molecule has 3 nitrogen and oxygen atoms in total. The van der Waals surface area contributed by atoms with Gasteiger partial charge in [-0.2, -0.15) is 5.10 Å². The summed E-state index contributed by atoms with van der Waals surface area (Å²) < 4.78 is 2.97. The Morgan fingerprint density at radius 3 is 2.93 bits per heavy atom. The molecule has 0 amide bonds. The molecular formula is C11H19N3S. The van der Waals surface area contributed by atoms with Gasteiger partial charge in [-0.05, 0) is 37.4 Å². The predicted octanol–water partition coefficient (Wildman–Crippen LogP) is 3.25. The van der Waals surface area contributed by atoms with E-state index in [1.165, 1.54) is 25.7 Å². The van der Waals surface area contributed by atoms with Crippen LogP contribution in [0.3, 0.4) is 0 Å². The van der Waals surface area contributed by atoms with Gasteiger partial charge in [0.25, 0.3) is 0 Å². The summed E-state index contributed by atoms with van der Waals surface area (Å²) in [6, 6.07) is 0. The quantitative estimate of drug-likeness (QED) is 0.780. The van der Waals surface area contributed by atoms with Crippen molar-refractivity contribution in [2.45, 2.75) is 52.0 Å². The Hall–Kier alpha value is -0.640. The summed E-state index contributed by atoms with van der Waals surface area (Å²) in [5, 5.41) is 7.30. The Bertz CT molecular complexity index is 375. The SMILES string of the molecule is CCCCn1c(C(C)C2CC2)n[nH]c1=S. The van der Waals surface area contributed by atoms with Crippen molar-refractivity contribution in [1.82, 2.24) is 14.8 Å². The first-order valence-corrected chi connectivity index (χ1v) is 6.30. The minimum atomic E-state index is 0.565. The zero-order chi connectivity index (χ0) is 10.8. The van der Waals surface area contributed by atoms with Crippen LogP contribution in [-0.2, 0) is 6.54 Å². The van der Waals surface area contributed by atoms with Gasteiger partial charge in [0.2, 0.25) is 0 Å². The lowest BCUT2D eigenvalue weighted by Gasteiger charge is -2.11. The van der Waals surface area contributed by atoms with Crippen molar-refractivity contribution in [3.63, 3.8) is 0 Å². The number of hydrogen-bond acceptors (Lipinski definition) is 2. The van der Waals surface area contributed by atoms with E-state index in [0.29, 0.717) is 5.92 Å². The van der Waals surface area contributed by atoms with Crippen molar-refractivity contribution >= 4 is 12.2 Å². The number of nitrogens with zero attached hydrogens (tertiary/aromatic N) is 2. The molecule has 2 rings (SSSR count). The summed E-state index contributed by atoms with van der Waals surface area (Å²) in [6.07, 6.45) is 5.09. The molecule has 15 heavy (non-hydrogen) atoms. The van der Waals surface area contributed by atoms with Crippen LogP contribution in [0.2, 0.25) is 0 Å². The van der Waals surface area contributed by atoms with Gasteiger partial charge < -0.3 is 4.57 Å². The highest BCUT2D eigenvalue weighted by atomic mass is 32.1. The van der Waals surface area contributed by atoms with Gasteiger partial charge in [0.05, 0.1) is 0 Å². The first-order chi connectivity index (χ1) is 7.24. The van der Waals surface area contributed by atoms with E-state index < -0.39 is 0 Å². The van der Waals surface area contributed by atoms with Gasteiger partial charge in [-0.3, -0.25) is 5.10 Å². The Kier molecular flexibility index (Phi) is 3.24. The van der Waals surface area contributed by atoms with Crippen LogP contribution < -0.4 is 0 Å². The zero-order valence-electron chi connectivity index (χ0n) is 9.49. The second-order valence-electron chi connectivity index (χ2n) is 4.52. The number of H-pyrrole nitrogens is 1. The van der Waals surface area contributed by atoms with Gasteiger partial charge in [0.1, 0.15) is 5.82 Å². The van der Waals surface area contributed by atoms with Crippen LogP contribution in [0.4, 0.5) is 0 Å². The van der Waals surface area contributed by atoms with E-state index >= 15 is 0 Å². The minimum Gasteiger partial charge on any atom is -0.304 e. The summed E-state index contributed by atoms with van der Waals surface area (Å²) in [7, 11) is 0. The molecule has 0 bridgehead atoms. The Labute approximate surface area is 95.9 Å². The predicted molar refractivity (Wildman–Crippen MR) is 63.5 cm³/mol. The Morgan fingerprint density at radius 2 is 2.33 bits per heavy atom. The van der Waals surface area contributed by atoms with Gasteiger partial charge in [0, 0.05) is 12.5 Å². The van der Waals surface area contributed by atoms with Crippen molar-refractivity contribution in [3.8, 4) is 0 Å². The van der Waals surface area contributed by atoms with E-state index in [0.717, 1.165) is 23.1 Å². The van der Waals surface area contributed by atoms with Crippen LogP contribution >= 0.6 is 12.2 Å². The molecule has 1 aromatic heterocycles. The first kappa shape index (κ1) is 10.9. The van der Waals surface area contributed by atoms with Crippen LogP contribution in [0, 0.1) is 10.7 Å². The molecule has 0 radical (unpaired) electrons. The Balaban J connectivity index is 2.18. The third kappa shape index (κ3) is 2.30. The molecule has 1 aromatic rings. The standard InChI is InChI=1S/C11H19N3S/c1-3-4-7-14-10(12-13-11(14)15)8(2)9-5-6-9/h8-9H,3-7H2,1-2H3,(H,13,15). The molecule has 84 valence electrons. The fraction of sp³-hybridized carbons (Fsp3) is 0.818. The maximum Gasteiger partial charge on any atom is 0.195 e. The van der Waals surface area contributed by atoms with Gasteiger partial charge >= 0.3 is 0 Å². The fourth-order valence-corrected chi connectivity index (χ4v) is 2.25. The maximum absolute atomic E-state index is 5.26. The molecule has 1 fully saturated rings. The largest absolute Gasteiger partial charge is 0.304 e. The first-order valence-electron chi connectivity index (χ1n) is 5.89. The van der Waals surface area contributed by atoms with E-state index in [-0.39, 0.29) is 0 Å². The third-order valence-corrected chi connectivity index (χ3v) is 3.57. The van der Waals surface area contributed by atoms with Gasteiger partial charge in [-0.15, -0.1) is 0 Å². The summed E-state index contributed by atoms with van der Waals surface area (Å²) in [6.45, 7) is 5.48. The van der Waals surface area contributed by atoms with Crippen molar-refractivity contribution in [2.75, 3.05) is 0 Å². The lowest BCUT2D eigenvalue weighted by molar-refractivity contribution is 0.536. The lowest BCUT2D eigenvalue weighted by atomic mass is 10.1. The van der Waals surface area contributed by atoms with Crippen molar-refractivity contribution in [2.24, 2.45) is 5.92 Å². The molecule has 0 saturated heterocycles. The molecule has 0 aromatic carbocycles. The molecule has 1 aliphatic rings. The number of hydrogen-bond donors (Lipinski definition) is 1. The molecule has 0 spiro atoms. The summed E-state index contributed by atoms with van der Waals surface area (Å²) in [4.78, 5) is 0. The number of rotatable bonds is 5. The molecular weight excluding hydrogens is 206 g/mol. The number of aromatic nitrogens is 3. The molecule has 1 heterocycles. The average Bonchev–Trinajstić information content (AvgIpc) is 3.00. The van der Waals surface area contributed by atoms with Crippen LogP contribution in [0.25, 0.3) is 0 Å². The summed E-state index contributed by atoms with van der Waals surface area (Å²) >= 11 is 5.26. The number of aromatic amines is 1. The summed E-state index contributed by atoms with van der Waals surface area (Å²) in [5.41, 5.74) is 0. The van der Waals surface area contributed by atoms with Crippen molar-refractivity contribution in [1.29, 1.82) is 0 Å². The van der Waals surface area contributed by atoms with Gasteiger partial charge in [-0.25, -0.2) is 0 Å². The molecule has 4 heteroatoms. The summed E-state index contributed by atoms with van der Waals surface area (Å²) in [5.74, 6) is 2.57. The molecule has 1 unspecified atom stereocenters. The smallest absolute Gasteiger partial charge is 0.195 e. The van der Waals surface area contributed by atoms with Gasteiger partial charge in [0.15, 0.2) is 4.77 Å². The number of unbranched alkanes of at least 4 members (excludes halogenated alkanes) is 1. The second-order valence-corrected chi connectivity index (χ2v) is 4.90. The van der Waals surface area contributed by atoms with Crippen molar-refractivity contribution in [3.05, 3.63) is 10.6 Å². The average molecular weight is 225 g/mol. The fourth-order valence-electron chi connectivity index (χ4n) is 2.02. The lowest BCUT2D eigenvalue weighted by Crippen LogP contribution is -2.08. The van der Waals surface area contributed by atoms with E-state index in [2.05, 4.69) is 28.6 Å². The molecule has 1 saturated carbocycles. The maximum atomic E-state index is 5.26. The molecule has 1 N–H and O–H groups in total. The highest BCUT2D eigenvalue weighted by Gasteiger charge is 2.31. The van der Waals surface area contributed by atoms with E-state index in [1.807, 2.05) is 0 Å². The zero-order valence-corrected chi connectivity index (χ0v) is 10.3. The van der Waals surface area contributed by atoms with Gasteiger partial charge in [-0.1, -0.05) is 20.3 Å². The topological polar surface area (TPSA) is 33.6 Å². The highest BCUT2D eigenvalue weighted by Crippen LogP contribution is 2.41. The van der Waals surface area contributed by atoms with Crippen molar-refractivity contribution < 1.29 is 0 Å². The molecule has 1 aliphatic carbocycles. The van der Waals surface area contributed by atoms with Crippen LogP contribution in [0.15, 0.2) is 0 Å². The second kappa shape index (κ2) is 4.47. The monoisotopic (exact) mass is 225 g/mol. The Morgan fingerprint density at radius 1 is 1.60 bits per heavy atom. The van der Waals surface area contributed by atoms with E-state index in [4.69, 9.17) is 12.2 Å². The number of nitrogens with one attached hydrogen (secondary N) is 1. The molecule has 1 atom stereocenters. The molecule has 0 aliphatic heterocycles. The normalized spacial score (nSPS) is 18.0.